The third kappa shape index (κ3) is 5.68. The van der Waals surface area contributed by atoms with E-state index in [9.17, 15) is 0 Å². The lowest BCUT2D eigenvalue weighted by atomic mass is 10.2. The number of carboxylic acid groups (broad SMARTS) is 1. The van der Waals surface area contributed by atoms with E-state index < -0.39 is 0 Å². The van der Waals surface area contributed by atoms with Gasteiger partial charge in [0.25, 0.3) is 6.47 Å². The van der Waals surface area contributed by atoms with E-state index in [-0.39, 0.29) is 6.47 Å². The lowest BCUT2D eigenvalue weighted by Crippen LogP contribution is -2.15. The molecule has 0 radical (unpaired) electrons. The predicted molar refractivity (Wildman–Crippen MR) is 108 cm³/mol. The minimum atomic E-state index is -0.250. The van der Waals surface area contributed by atoms with Crippen molar-refractivity contribution in [2.24, 2.45) is 7.05 Å². The molecule has 2 heterocycles. The van der Waals surface area contributed by atoms with Crippen LogP contribution in [0.4, 0.5) is 0 Å². The van der Waals surface area contributed by atoms with Gasteiger partial charge in [0.15, 0.2) is 0 Å². The number of carbonyl (C=O) groups is 1. The van der Waals surface area contributed by atoms with Gasteiger partial charge in [-0.2, -0.15) is 5.10 Å². The predicted octanol–water partition coefficient (Wildman–Crippen LogP) is 2.61. The van der Waals surface area contributed by atoms with E-state index in [1.54, 1.807) is 0 Å². The molecule has 150 valence electrons. The van der Waals surface area contributed by atoms with Crippen LogP contribution in [0.2, 0.25) is 0 Å². The molecular weight excluding hydrogens is 358 g/mol. The minimum Gasteiger partial charge on any atom is -0.494 e. The Hall–Kier alpha value is -3.13. The van der Waals surface area contributed by atoms with E-state index in [0.29, 0.717) is 0 Å². The van der Waals surface area contributed by atoms with Crippen molar-refractivity contribution in [3.63, 3.8) is 0 Å². The van der Waals surface area contributed by atoms with Gasteiger partial charge in [-0.05, 0) is 51.7 Å². The highest BCUT2D eigenvalue weighted by molar-refractivity contribution is 5.60. The number of rotatable bonds is 7. The minimum absolute atomic E-state index is 0.250. The van der Waals surface area contributed by atoms with Crippen LogP contribution in [0, 0.1) is 6.92 Å². The van der Waals surface area contributed by atoms with Gasteiger partial charge in [-0.15, -0.1) is 0 Å². The number of hydrogen-bond acceptors (Lipinski definition) is 5. The van der Waals surface area contributed by atoms with Crippen LogP contribution in [0.1, 0.15) is 12.1 Å². The fourth-order valence-corrected chi connectivity index (χ4v) is 2.81. The summed E-state index contributed by atoms with van der Waals surface area (Å²) in [7, 11) is 6.07. The largest absolute Gasteiger partial charge is 0.494 e. The molecule has 0 saturated carbocycles. The van der Waals surface area contributed by atoms with E-state index in [2.05, 4.69) is 33.6 Å². The molecule has 8 nitrogen and oxygen atoms in total. The number of aryl methyl sites for hydroxylation is 2. The molecule has 3 aromatic rings. The second-order valence-electron chi connectivity index (χ2n) is 6.53. The Morgan fingerprint density at radius 3 is 2.50 bits per heavy atom. The van der Waals surface area contributed by atoms with Crippen LogP contribution in [-0.4, -0.2) is 63.1 Å². The summed E-state index contributed by atoms with van der Waals surface area (Å²) in [5.41, 5.74) is 3.07. The Labute approximate surface area is 165 Å². The zero-order chi connectivity index (χ0) is 20.5. The lowest BCUT2D eigenvalue weighted by molar-refractivity contribution is -0.122. The van der Waals surface area contributed by atoms with Crippen molar-refractivity contribution in [1.82, 2.24) is 24.2 Å². The van der Waals surface area contributed by atoms with E-state index in [1.807, 2.05) is 61.5 Å². The van der Waals surface area contributed by atoms with Gasteiger partial charge >= 0.3 is 0 Å². The highest BCUT2D eigenvalue weighted by Gasteiger charge is 2.12. The van der Waals surface area contributed by atoms with E-state index >= 15 is 0 Å². The van der Waals surface area contributed by atoms with E-state index in [4.69, 9.17) is 14.6 Å². The average Bonchev–Trinajstić information content (AvgIpc) is 3.25. The maximum absolute atomic E-state index is 8.36. The topological polar surface area (TPSA) is 85.4 Å². The SMILES string of the molecule is Cc1nn(C)cc1-n1ccnc1-c1ccc(OCCCN(C)C)cc1.O=CO. The quantitative estimate of drug-likeness (QED) is 0.497. The molecule has 0 amide bonds. The van der Waals surface area contributed by atoms with Crippen molar-refractivity contribution in [2.75, 3.05) is 27.2 Å². The summed E-state index contributed by atoms with van der Waals surface area (Å²) in [6, 6.07) is 8.10. The third-order valence-electron chi connectivity index (χ3n) is 4.02. The normalized spacial score (nSPS) is 10.5. The summed E-state index contributed by atoms with van der Waals surface area (Å²) in [6.45, 7) is 3.50. The molecule has 1 N–H and O–H groups in total. The van der Waals surface area contributed by atoms with Crippen LogP contribution in [-0.2, 0) is 11.8 Å². The number of benzene rings is 1. The van der Waals surface area contributed by atoms with Crippen LogP contribution in [0.25, 0.3) is 17.1 Å². The number of aromatic nitrogens is 4. The van der Waals surface area contributed by atoms with Crippen molar-refractivity contribution in [2.45, 2.75) is 13.3 Å². The molecule has 0 aliphatic carbocycles. The third-order valence-corrected chi connectivity index (χ3v) is 4.02. The second-order valence-corrected chi connectivity index (χ2v) is 6.53. The van der Waals surface area contributed by atoms with Gasteiger partial charge in [-0.3, -0.25) is 14.0 Å². The summed E-state index contributed by atoms with van der Waals surface area (Å²) in [4.78, 5) is 15.0. The van der Waals surface area contributed by atoms with Gasteiger partial charge in [-0.25, -0.2) is 4.98 Å². The number of nitrogens with zero attached hydrogens (tertiary/aromatic N) is 5. The fraction of sp³-hybridized carbons (Fsp3) is 0.350. The second kappa shape index (κ2) is 10.3. The zero-order valence-corrected chi connectivity index (χ0v) is 16.7. The van der Waals surface area contributed by atoms with Crippen molar-refractivity contribution in [1.29, 1.82) is 0 Å². The molecule has 2 aromatic heterocycles. The van der Waals surface area contributed by atoms with Crippen LogP contribution in [0.3, 0.4) is 0 Å². The maximum atomic E-state index is 8.36. The lowest BCUT2D eigenvalue weighted by Gasteiger charge is -2.11. The molecule has 8 heteroatoms. The summed E-state index contributed by atoms with van der Waals surface area (Å²) >= 11 is 0. The fourth-order valence-electron chi connectivity index (χ4n) is 2.81. The van der Waals surface area contributed by atoms with Crippen LogP contribution < -0.4 is 4.74 Å². The molecule has 0 spiro atoms. The first-order chi connectivity index (χ1) is 13.5. The van der Waals surface area contributed by atoms with Crippen molar-refractivity contribution in [3.8, 4) is 22.8 Å². The molecule has 28 heavy (non-hydrogen) atoms. The summed E-state index contributed by atoms with van der Waals surface area (Å²) in [5.74, 6) is 1.79. The van der Waals surface area contributed by atoms with Crippen molar-refractivity contribution >= 4 is 6.47 Å². The van der Waals surface area contributed by atoms with Gasteiger partial charge in [0.05, 0.1) is 18.0 Å². The standard InChI is InChI=1S/C19H25N5O.CH2O2/c1-15-18(14-23(4)21-15)24-12-10-20-19(24)16-6-8-17(9-7-16)25-13-5-11-22(2)3;2-1-3/h6-10,12,14H,5,11,13H2,1-4H3;1H,(H,2,3). The Kier molecular flexibility index (Phi) is 7.76. The maximum Gasteiger partial charge on any atom is 0.290 e. The van der Waals surface area contributed by atoms with Crippen molar-refractivity contribution in [3.05, 3.63) is 48.5 Å². The Morgan fingerprint density at radius 2 is 1.93 bits per heavy atom. The first-order valence-corrected chi connectivity index (χ1v) is 8.96. The van der Waals surface area contributed by atoms with E-state index in [1.165, 1.54) is 0 Å². The Morgan fingerprint density at radius 1 is 1.25 bits per heavy atom. The summed E-state index contributed by atoms with van der Waals surface area (Å²) in [6.07, 6.45) is 6.79. The van der Waals surface area contributed by atoms with Crippen LogP contribution in [0.15, 0.2) is 42.9 Å². The Bertz CT molecular complexity index is 868. The molecule has 0 bridgehead atoms. The Balaban J connectivity index is 0.000000878. The van der Waals surface area contributed by atoms with Gasteiger partial charge < -0.3 is 14.7 Å². The van der Waals surface area contributed by atoms with E-state index in [0.717, 1.165) is 48.1 Å². The molecule has 0 aliphatic rings. The van der Waals surface area contributed by atoms with Gasteiger partial charge in [0.1, 0.15) is 11.6 Å². The molecule has 0 atom stereocenters. The molecule has 0 saturated heterocycles. The average molecular weight is 385 g/mol. The summed E-state index contributed by atoms with van der Waals surface area (Å²) in [5, 5.41) is 11.3. The molecule has 0 unspecified atom stereocenters. The zero-order valence-electron chi connectivity index (χ0n) is 16.7. The smallest absolute Gasteiger partial charge is 0.290 e. The molecular formula is C20H27N5O3. The van der Waals surface area contributed by atoms with Gasteiger partial charge in [0, 0.05) is 37.7 Å². The molecule has 1 aromatic carbocycles. The monoisotopic (exact) mass is 385 g/mol. The first-order valence-electron chi connectivity index (χ1n) is 8.96. The number of ether oxygens (including phenoxy) is 1. The van der Waals surface area contributed by atoms with Crippen LogP contribution >= 0.6 is 0 Å². The molecule has 0 fully saturated rings. The van der Waals surface area contributed by atoms with Gasteiger partial charge in [-0.1, -0.05) is 0 Å². The molecule has 0 aliphatic heterocycles. The highest BCUT2D eigenvalue weighted by atomic mass is 16.5. The van der Waals surface area contributed by atoms with Crippen LogP contribution in [0.5, 0.6) is 5.75 Å². The van der Waals surface area contributed by atoms with Crippen molar-refractivity contribution < 1.29 is 14.6 Å². The summed E-state index contributed by atoms with van der Waals surface area (Å²) < 4.78 is 9.68. The molecule has 3 rings (SSSR count). The van der Waals surface area contributed by atoms with Gasteiger partial charge in [0.2, 0.25) is 0 Å². The highest BCUT2D eigenvalue weighted by Crippen LogP contribution is 2.25. The first kappa shape index (κ1) is 21.2. The number of imidazole rings is 1. The number of hydrogen-bond donors (Lipinski definition) is 1.